The Bertz CT molecular complexity index is 1290. The van der Waals surface area contributed by atoms with E-state index in [2.05, 4.69) is 39.0 Å². The van der Waals surface area contributed by atoms with E-state index in [1.165, 1.54) is 0 Å². The van der Waals surface area contributed by atoms with Crippen molar-refractivity contribution >= 4 is 33.5 Å². The summed E-state index contributed by atoms with van der Waals surface area (Å²) in [7, 11) is 1.98. The van der Waals surface area contributed by atoms with E-state index in [9.17, 15) is 9.59 Å². The van der Waals surface area contributed by atoms with Gasteiger partial charge in [-0.05, 0) is 37.3 Å². The maximum atomic E-state index is 12.8. The van der Waals surface area contributed by atoms with Gasteiger partial charge < -0.3 is 9.88 Å². The van der Waals surface area contributed by atoms with Gasteiger partial charge in [0.2, 0.25) is 5.91 Å². The Balaban J connectivity index is 1.62. The fraction of sp³-hybridized carbons (Fsp3) is 0.286. The van der Waals surface area contributed by atoms with Crippen LogP contribution in [0.25, 0.3) is 21.9 Å². The lowest BCUT2D eigenvalue weighted by Gasteiger charge is -2.13. The van der Waals surface area contributed by atoms with Gasteiger partial charge in [0.1, 0.15) is 17.4 Å². The summed E-state index contributed by atoms with van der Waals surface area (Å²) in [5, 5.41) is 11.3. The minimum absolute atomic E-state index is 0.295. The number of carbonyl (C=O) groups is 1. The maximum Gasteiger partial charge on any atom is 0.278 e. The molecule has 0 bridgehead atoms. The summed E-state index contributed by atoms with van der Waals surface area (Å²) in [6.07, 6.45) is 0. The van der Waals surface area contributed by atoms with Crippen molar-refractivity contribution in [2.75, 3.05) is 5.32 Å². The van der Waals surface area contributed by atoms with Crippen molar-refractivity contribution in [3.8, 4) is 0 Å². The zero-order chi connectivity index (χ0) is 20.7. The van der Waals surface area contributed by atoms with Gasteiger partial charge in [0.25, 0.3) is 5.56 Å². The molecule has 8 heteroatoms. The number of aryl methyl sites for hydroxylation is 1. The summed E-state index contributed by atoms with van der Waals surface area (Å²) in [6.45, 7) is 5.80. The molecule has 0 aliphatic heterocycles. The lowest BCUT2D eigenvalue weighted by atomic mass is 10.2. The van der Waals surface area contributed by atoms with E-state index in [0.717, 1.165) is 21.5 Å². The van der Waals surface area contributed by atoms with Gasteiger partial charge in [-0.1, -0.05) is 31.2 Å². The molecule has 2 aromatic carbocycles. The van der Waals surface area contributed by atoms with E-state index < -0.39 is 6.04 Å². The van der Waals surface area contributed by atoms with Gasteiger partial charge in [-0.2, -0.15) is 4.68 Å². The van der Waals surface area contributed by atoms with E-state index in [-0.39, 0.29) is 11.5 Å². The number of rotatable bonds is 4. The molecule has 1 amide bonds. The van der Waals surface area contributed by atoms with Gasteiger partial charge in [-0.15, -0.1) is 5.10 Å². The first-order valence-corrected chi connectivity index (χ1v) is 9.48. The van der Waals surface area contributed by atoms with Gasteiger partial charge in [0.05, 0.1) is 16.4 Å². The van der Waals surface area contributed by atoms with Crippen molar-refractivity contribution in [1.82, 2.24) is 24.5 Å². The monoisotopic (exact) mass is 390 g/mol. The van der Waals surface area contributed by atoms with Crippen LogP contribution < -0.4 is 10.9 Å². The first-order chi connectivity index (χ1) is 13.9. The van der Waals surface area contributed by atoms with Crippen LogP contribution in [0.4, 0.5) is 5.69 Å². The highest BCUT2D eigenvalue weighted by atomic mass is 16.2. The van der Waals surface area contributed by atoms with E-state index >= 15 is 0 Å². The second-order valence-corrected chi connectivity index (χ2v) is 7.41. The van der Waals surface area contributed by atoms with Crippen LogP contribution in [0, 0.1) is 0 Å². The summed E-state index contributed by atoms with van der Waals surface area (Å²) >= 11 is 0. The average Bonchev–Trinajstić information content (AvgIpc) is 3.04. The number of fused-ring (bicyclic) bond motifs is 2. The highest BCUT2D eigenvalue weighted by molar-refractivity contribution is 5.95. The van der Waals surface area contributed by atoms with E-state index in [1.54, 1.807) is 31.2 Å². The largest absolute Gasteiger partial charge is 0.331 e. The molecule has 1 atom stereocenters. The zero-order valence-electron chi connectivity index (χ0n) is 16.7. The molecule has 4 aromatic rings. The second kappa shape index (κ2) is 7.12. The van der Waals surface area contributed by atoms with Crippen LogP contribution in [-0.2, 0) is 11.8 Å². The Hall–Kier alpha value is -3.55. The van der Waals surface area contributed by atoms with Crippen molar-refractivity contribution < 1.29 is 4.79 Å². The lowest BCUT2D eigenvalue weighted by Crippen LogP contribution is -2.34. The van der Waals surface area contributed by atoms with Crippen LogP contribution in [-0.4, -0.2) is 30.5 Å². The molecular formula is C21H22N6O2. The first kappa shape index (κ1) is 18.8. The number of imidazole rings is 1. The normalized spacial score (nSPS) is 12.6. The quantitative estimate of drug-likeness (QED) is 0.578. The third-order valence-electron chi connectivity index (χ3n) is 5.04. The number of benzene rings is 2. The van der Waals surface area contributed by atoms with Crippen LogP contribution in [0.2, 0.25) is 0 Å². The number of hydrogen-bond donors (Lipinski definition) is 1. The van der Waals surface area contributed by atoms with Crippen LogP contribution in [0.1, 0.15) is 38.6 Å². The van der Waals surface area contributed by atoms with Crippen molar-refractivity contribution in [2.24, 2.45) is 7.05 Å². The van der Waals surface area contributed by atoms with Gasteiger partial charge in [-0.3, -0.25) is 9.59 Å². The number of amides is 1. The van der Waals surface area contributed by atoms with Crippen LogP contribution in [0.15, 0.2) is 47.3 Å². The average molecular weight is 390 g/mol. The lowest BCUT2D eigenvalue weighted by molar-refractivity contribution is -0.119. The Morgan fingerprint density at radius 2 is 1.83 bits per heavy atom. The minimum atomic E-state index is -0.815. The van der Waals surface area contributed by atoms with E-state index in [4.69, 9.17) is 0 Å². The van der Waals surface area contributed by atoms with Crippen molar-refractivity contribution in [3.63, 3.8) is 0 Å². The molecule has 1 N–H and O–H groups in total. The summed E-state index contributed by atoms with van der Waals surface area (Å²) in [4.78, 5) is 30.1. The Morgan fingerprint density at radius 1 is 1.07 bits per heavy atom. The van der Waals surface area contributed by atoms with Crippen molar-refractivity contribution in [2.45, 2.75) is 32.7 Å². The smallest absolute Gasteiger partial charge is 0.278 e. The molecule has 29 heavy (non-hydrogen) atoms. The third-order valence-corrected chi connectivity index (χ3v) is 5.04. The second-order valence-electron chi connectivity index (χ2n) is 7.41. The zero-order valence-corrected chi connectivity index (χ0v) is 16.7. The van der Waals surface area contributed by atoms with Crippen molar-refractivity contribution in [3.05, 3.63) is 58.6 Å². The molecule has 2 aromatic heterocycles. The molecule has 8 nitrogen and oxygen atoms in total. The molecule has 0 fully saturated rings. The summed E-state index contributed by atoms with van der Waals surface area (Å²) in [5.41, 5.74) is 2.58. The number of anilines is 1. The van der Waals surface area contributed by atoms with Crippen molar-refractivity contribution in [1.29, 1.82) is 0 Å². The van der Waals surface area contributed by atoms with Gasteiger partial charge in [-0.25, -0.2) is 4.98 Å². The molecule has 0 radical (unpaired) electrons. The predicted molar refractivity (Wildman–Crippen MR) is 112 cm³/mol. The maximum absolute atomic E-state index is 12.8. The van der Waals surface area contributed by atoms with Crippen LogP contribution in [0.3, 0.4) is 0 Å². The van der Waals surface area contributed by atoms with Gasteiger partial charge in [0, 0.05) is 18.7 Å². The highest BCUT2D eigenvalue weighted by Gasteiger charge is 2.20. The molecule has 0 spiro atoms. The number of nitrogens with one attached hydrogen (secondary N) is 1. The SMILES string of the molecule is CC(C)c1nc2cc(NC(=O)[C@H](C)n3nnc4ccccc4c3=O)ccc2n1C. The van der Waals surface area contributed by atoms with E-state index in [0.29, 0.717) is 22.5 Å². The molecule has 0 saturated carbocycles. The number of aromatic nitrogens is 5. The van der Waals surface area contributed by atoms with Gasteiger partial charge in [0.15, 0.2) is 0 Å². The van der Waals surface area contributed by atoms with Crippen LogP contribution >= 0.6 is 0 Å². The Kier molecular flexibility index (Phi) is 4.62. The molecular weight excluding hydrogens is 368 g/mol. The Morgan fingerprint density at radius 3 is 2.59 bits per heavy atom. The summed E-state index contributed by atoms with van der Waals surface area (Å²) < 4.78 is 3.16. The summed E-state index contributed by atoms with van der Waals surface area (Å²) in [5.74, 6) is 0.926. The molecule has 0 aliphatic rings. The molecule has 2 heterocycles. The van der Waals surface area contributed by atoms with Crippen LogP contribution in [0.5, 0.6) is 0 Å². The molecule has 0 aliphatic carbocycles. The highest BCUT2D eigenvalue weighted by Crippen LogP contribution is 2.23. The Labute approximate surface area is 167 Å². The fourth-order valence-corrected chi connectivity index (χ4v) is 3.43. The molecule has 148 valence electrons. The van der Waals surface area contributed by atoms with E-state index in [1.807, 2.05) is 25.2 Å². The number of carbonyl (C=O) groups excluding carboxylic acids is 1. The minimum Gasteiger partial charge on any atom is -0.331 e. The fourth-order valence-electron chi connectivity index (χ4n) is 3.43. The topological polar surface area (TPSA) is 94.7 Å². The predicted octanol–water partition coefficient (Wildman–Crippen LogP) is 3.00. The van der Waals surface area contributed by atoms with Gasteiger partial charge >= 0.3 is 0 Å². The molecule has 0 saturated heterocycles. The molecule has 4 rings (SSSR count). The molecule has 0 unspecified atom stereocenters. The standard InChI is InChI=1S/C21H22N6O2/c1-12(2)19-23-17-11-14(9-10-18(17)26(19)4)22-20(28)13(3)27-21(29)15-7-5-6-8-16(15)24-25-27/h5-13H,1-4H3,(H,22,28)/t13-/m0/s1. The third kappa shape index (κ3) is 3.26. The first-order valence-electron chi connectivity index (χ1n) is 9.48. The summed E-state index contributed by atoms with van der Waals surface area (Å²) in [6, 6.07) is 11.7. The number of hydrogen-bond acceptors (Lipinski definition) is 5. The number of nitrogens with zero attached hydrogens (tertiary/aromatic N) is 5.